The molecule has 0 radical (unpaired) electrons. The van der Waals surface area contributed by atoms with E-state index in [0.717, 1.165) is 12.2 Å². The molecule has 3 nitrogen and oxygen atoms in total. The quantitative estimate of drug-likeness (QED) is 0.808. The number of halogens is 1. The number of nitrogens with one attached hydrogen (secondary N) is 1. The molecule has 0 amide bonds. The highest BCUT2D eigenvalue weighted by atomic mass is 19.1. The molecule has 100 valence electrons. The molecule has 1 aliphatic heterocycles. The van der Waals surface area contributed by atoms with Gasteiger partial charge in [0.25, 0.3) is 0 Å². The third-order valence-electron chi connectivity index (χ3n) is 3.54. The summed E-state index contributed by atoms with van der Waals surface area (Å²) < 4.78 is 13.2. The Kier molecular flexibility index (Phi) is 4.42. The van der Waals surface area contributed by atoms with Crippen molar-refractivity contribution in [3.05, 3.63) is 24.0 Å². The summed E-state index contributed by atoms with van der Waals surface area (Å²) in [5.41, 5.74) is 6.84. The third kappa shape index (κ3) is 3.60. The number of benzene rings is 1. The van der Waals surface area contributed by atoms with Gasteiger partial charge in [0.1, 0.15) is 5.82 Å². The normalized spacial score (nSPS) is 18.6. The van der Waals surface area contributed by atoms with Crippen LogP contribution in [0.25, 0.3) is 0 Å². The van der Waals surface area contributed by atoms with Gasteiger partial charge in [-0.15, -0.1) is 0 Å². The number of hydrogen-bond acceptors (Lipinski definition) is 3. The maximum atomic E-state index is 13.2. The minimum absolute atomic E-state index is 0.289. The summed E-state index contributed by atoms with van der Waals surface area (Å²) in [4.78, 5) is 2.49. The SMILES string of the molecule is CC(CNc1cc(N)cc(F)c1)N1CCCCC1. The van der Waals surface area contributed by atoms with Crippen molar-refractivity contribution in [1.29, 1.82) is 0 Å². The second kappa shape index (κ2) is 6.05. The van der Waals surface area contributed by atoms with Gasteiger partial charge < -0.3 is 11.1 Å². The van der Waals surface area contributed by atoms with E-state index in [4.69, 9.17) is 5.73 Å². The van der Waals surface area contributed by atoms with Crippen LogP contribution >= 0.6 is 0 Å². The highest BCUT2D eigenvalue weighted by molar-refractivity contribution is 5.54. The summed E-state index contributed by atoms with van der Waals surface area (Å²) in [5, 5.41) is 3.26. The summed E-state index contributed by atoms with van der Waals surface area (Å²) in [6, 6.07) is 5.06. The largest absolute Gasteiger partial charge is 0.399 e. The maximum Gasteiger partial charge on any atom is 0.127 e. The minimum atomic E-state index is -0.289. The molecule has 1 fully saturated rings. The van der Waals surface area contributed by atoms with Crippen molar-refractivity contribution < 1.29 is 4.39 Å². The monoisotopic (exact) mass is 251 g/mol. The minimum Gasteiger partial charge on any atom is -0.399 e. The number of likely N-dealkylation sites (tertiary alicyclic amines) is 1. The van der Waals surface area contributed by atoms with Crippen molar-refractivity contribution >= 4 is 11.4 Å². The second-order valence-corrected chi connectivity index (χ2v) is 5.10. The zero-order chi connectivity index (χ0) is 13.0. The summed E-state index contributed by atoms with van der Waals surface area (Å²) in [6.07, 6.45) is 3.92. The molecule has 1 unspecified atom stereocenters. The van der Waals surface area contributed by atoms with E-state index < -0.39 is 0 Å². The molecular weight excluding hydrogens is 229 g/mol. The Hall–Kier alpha value is -1.29. The zero-order valence-corrected chi connectivity index (χ0v) is 11.0. The fraction of sp³-hybridized carbons (Fsp3) is 0.571. The van der Waals surface area contributed by atoms with Crippen molar-refractivity contribution in [2.45, 2.75) is 32.2 Å². The lowest BCUT2D eigenvalue weighted by Crippen LogP contribution is -2.41. The van der Waals surface area contributed by atoms with Gasteiger partial charge in [0, 0.05) is 24.0 Å². The molecular formula is C14H22FN3. The van der Waals surface area contributed by atoms with Gasteiger partial charge in [-0.3, -0.25) is 4.90 Å². The van der Waals surface area contributed by atoms with Gasteiger partial charge in [-0.05, 0) is 51.1 Å². The topological polar surface area (TPSA) is 41.3 Å². The van der Waals surface area contributed by atoms with E-state index in [1.54, 1.807) is 6.07 Å². The molecule has 0 bridgehead atoms. The lowest BCUT2D eigenvalue weighted by molar-refractivity contribution is 0.180. The predicted molar refractivity (Wildman–Crippen MR) is 74.2 cm³/mol. The molecule has 18 heavy (non-hydrogen) atoms. The van der Waals surface area contributed by atoms with E-state index in [1.807, 2.05) is 0 Å². The smallest absolute Gasteiger partial charge is 0.127 e. The van der Waals surface area contributed by atoms with Gasteiger partial charge in [0.15, 0.2) is 0 Å². The van der Waals surface area contributed by atoms with Crippen LogP contribution in [-0.4, -0.2) is 30.6 Å². The number of hydrogen-bond donors (Lipinski definition) is 2. The fourth-order valence-corrected chi connectivity index (χ4v) is 2.47. The Bertz CT molecular complexity index is 368. The Morgan fingerprint density at radius 2 is 2.00 bits per heavy atom. The third-order valence-corrected chi connectivity index (χ3v) is 3.54. The standard InChI is InChI=1S/C14H22FN3/c1-11(18-5-3-2-4-6-18)10-17-14-8-12(15)7-13(16)9-14/h7-9,11,17H,2-6,10,16H2,1H3. The first-order chi connectivity index (χ1) is 8.65. The van der Waals surface area contributed by atoms with Crippen LogP contribution < -0.4 is 11.1 Å². The summed E-state index contributed by atoms with van der Waals surface area (Å²) >= 11 is 0. The lowest BCUT2D eigenvalue weighted by Gasteiger charge is -2.32. The second-order valence-electron chi connectivity index (χ2n) is 5.10. The van der Waals surface area contributed by atoms with Crippen molar-refractivity contribution in [2.24, 2.45) is 0 Å². The van der Waals surface area contributed by atoms with Gasteiger partial charge in [-0.2, -0.15) is 0 Å². The summed E-state index contributed by atoms with van der Waals surface area (Å²) in [6.45, 7) is 5.38. The van der Waals surface area contributed by atoms with Crippen molar-refractivity contribution in [3.63, 3.8) is 0 Å². The first-order valence-electron chi connectivity index (χ1n) is 6.69. The predicted octanol–water partition coefficient (Wildman–Crippen LogP) is 2.69. The first-order valence-corrected chi connectivity index (χ1v) is 6.69. The van der Waals surface area contributed by atoms with E-state index >= 15 is 0 Å². The fourth-order valence-electron chi connectivity index (χ4n) is 2.47. The zero-order valence-electron chi connectivity index (χ0n) is 11.0. The molecule has 1 aromatic carbocycles. The molecule has 1 aromatic rings. The average Bonchev–Trinajstić information content (AvgIpc) is 2.36. The number of piperidine rings is 1. The van der Waals surface area contributed by atoms with E-state index in [9.17, 15) is 4.39 Å². The van der Waals surface area contributed by atoms with Crippen LogP contribution in [0, 0.1) is 5.82 Å². The van der Waals surface area contributed by atoms with Crippen LogP contribution in [0.1, 0.15) is 26.2 Å². The number of anilines is 2. The number of nitrogen functional groups attached to an aromatic ring is 1. The Labute approximate surface area is 108 Å². The first kappa shape index (κ1) is 13.1. The van der Waals surface area contributed by atoms with Crippen molar-refractivity contribution in [3.8, 4) is 0 Å². The number of nitrogens with zero attached hydrogens (tertiary/aromatic N) is 1. The van der Waals surface area contributed by atoms with Gasteiger partial charge in [0.2, 0.25) is 0 Å². The van der Waals surface area contributed by atoms with E-state index in [1.165, 1.54) is 44.5 Å². The van der Waals surface area contributed by atoms with Gasteiger partial charge >= 0.3 is 0 Å². The Morgan fingerprint density at radius 1 is 1.28 bits per heavy atom. The van der Waals surface area contributed by atoms with Crippen molar-refractivity contribution in [1.82, 2.24) is 4.90 Å². The maximum absolute atomic E-state index is 13.2. The van der Waals surface area contributed by atoms with Gasteiger partial charge in [0.05, 0.1) is 0 Å². The average molecular weight is 251 g/mol. The number of rotatable bonds is 4. The van der Waals surface area contributed by atoms with Crippen LogP contribution in [0.3, 0.4) is 0 Å². The van der Waals surface area contributed by atoms with Gasteiger partial charge in [-0.1, -0.05) is 6.42 Å². The van der Waals surface area contributed by atoms with Crippen LogP contribution in [0.5, 0.6) is 0 Å². The van der Waals surface area contributed by atoms with Crippen LogP contribution in [0.15, 0.2) is 18.2 Å². The molecule has 4 heteroatoms. The Morgan fingerprint density at radius 3 is 2.67 bits per heavy atom. The molecule has 1 saturated heterocycles. The molecule has 1 atom stereocenters. The van der Waals surface area contributed by atoms with E-state index in [2.05, 4.69) is 17.1 Å². The highest BCUT2D eigenvalue weighted by Gasteiger charge is 2.16. The molecule has 0 spiro atoms. The highest BCUT2D eigenvalue weighted by Crippen LogP contribution is 2.17. The lowest BCUT2D eigenvalue weighted by atomic mass is 10.1. The van der Waals surface area contributed by atoms with E-state index in [0.29, 0.717) is 11.7 Å². The van der Waals surface area contributed by atoms with Gasteiger partial charge in [-0.25, -0.2) is 4.39 Å². The molecule has 0 aromatic heterocycles. The molecule has 1 heterocycles. The molecule has 2 rings (SSSR count). The summed E-state index contributed by atoms with van der Waals surface area (Å²) in [7, 11) is 0. The molecule has 1 aliphatic rings. The van der Waals surface area contributed by atoms with Crippen LogP contribution in [0.4, 0.5) is 15.8 Å². The number of nitrogens with two attached hydrogens (primary N) is 1. The Balaban J connectivity index is 1.86. The van der Waals surface area contributed by atoms with E-state index in [-0.39, 0.29) is 5.82 Å². The molecule has 0 saturated carbocycles. The van der Waals surface area contributed by atoms with Crippen LogP contribution in [-0.2, 0) is 0 Å². The van der Waals surface area contributed by atoms with Crippen LogP contribution in [0.2, 0.25) is 0 Å². The van der Waals surface area contributed by atoms with Crippen molar-refractivity contribution in [2.75, 3.05) is 30.7 Å². The molecule has 0 aliphatic carbocycles. The molecule has 3 N–H and O–H groups in total. The summed E-state index contributed by atoms with van der Waals surface area (Å²) in [5.74, 6) is -0.289.